The van der Waals surface area contributed by atoms with Crippen LogP contribution < -0.4 is 0 Å². The zero-order chi connectivity index (χ0) is 5.70. The third-order valence-electron chi connectivity index (χ3n) is 0.675. The van der Waals surface area contributed by atoms with Gasteiger partial charge in [-0.1, -0.05) is 0 Å². The van der Waals surface area contributed by atoms with E-state index < -0.39 is 6.29 Å². The third-order valence-corrected chi connectivity index (χ3v) is 0.675. The summed E-state index contributed by atoms with van der Waals surface area (Å²) in [6.07, 6.45) is -0.458. The highest BCUT2D eigenvalue weighted by Gasteiger charge is 1.98. The summed E-state index contributed by atoms with van der Waals surface area (Å²) < 4.78 is 9.15. The highest BCUT2D eigenvalue weighted by Crippen LogP contribution is 1.84. The average Bonchev–Trinajstić information content (AvgIpc) is 1.72. The topological polar surface area (TPSA) is 38.7 Å². The maximum Gasteiger partial charge on any atom is 0.179 e. The minimum atomic E-state index is -0.458. The van der Waals surface area contributed by atoms with Gasteiger partial charge >= 0.3 is 0 Å². The molecule has 0 heterocycles. The second-order valence-electron chi connectivity index (χ2n) is 1.08. The van der Waals surface area contributed by atoms with Gasteiger partial charge in [-0.15, -0.1) is 0 Å². The van der Waals surface area contributed by atoms with Crippen molar-refractivity contribution in [2.75, 3.05) is 20.8 Å². The minimum absolute atomic E-state index is 0.0903. The summed E-state index contributed by atoms with van der Waals surface area (Å²) in [4.78, 5) is 0. The lowest BCUT2D eigenvalue weighted by atomic mass is 10.7. The summed E-state index contributed by atoms with van der Waals surface area (Å²) >= 11 is 0. The molecular formula is C4H10O3. The first kappa shape index (κ1) is 6.88. The fourth-order valence-corrected chi connectivity index (χ4v) is 0.245. The molecule has 0 unspecified atom stereocenters. The third kappa shape index (κ3) is 2.56. The maximum absolute atomic E-state index is 8.28. The second kappa shape index (κ2) is 4.05. The largest absolute Gasteiger partial charge is 0.391 e. The van der Waals surface area contributed by atoms with E-state index in [-0.39, 0.29) is 6.61 Å². The molecule has 0 atom stereocenters. The van der Waals surface area contributed by atoms with Crippen molar-refractivity contribution in [3.05, 3.63) is 0 Å². The molecule has 0 aliphatic rings. The molecule has 0 aliphatic heterocycles. The van der Waals surface area contributed by atoms with Crippen LogP contribution in [0.4, 0.5) is 0 Å². The first-order chi connectivity index (χ1) is 3.35. The lowest BCUT2D eigenvalue weighted by Crippen LogP contribution is -2.16. The van der Waals surface area contributed by atoms with E-state index >= 15 is 0 Å². The number of aliphatic hydroxyl groups excluding tert-OH is 1. The molecule has 3 nitrogen and oxygen atoms in total. The number of aliphatic hydroxyl groups is 1. The summed E-state index contributed by atoms with van der Waals surface area (Å²) in [5, 5.41) is 8.28. The summed E-state index contributed by atoms with van der Waals surface area (Å²) in [5.41, 5.74) is 0. The van der Waals surface area contributed by atoms with Gasteiger partial charge in [0, 0.05) is 14.2 Å². The van der Waals surface area contributed by atoms with Crippen molar-refractivity contribution >= 4 is 0 Å². The molecule has 0 radical (unpaired) electrons. The molecule has 0 rings (SSSR count). The van der Waals surface area contributed by atoms with E-state index in [0.717, 1.165) is 0 Å². The van der Waals surface area contributed by atoms with Crippen LogP contribution in [0.25, 0.3) is 0 Å². The van der Waals surface area contributed by atoms with Crippen molar-refractivity contribution in [1.82, 2.24) is 0 Å². The van der Waals surface area contributed by atoms with Gasteiger partial charge in [0.25, 0.3) is 0 Å². The van der Waals surface area contributed by atoms with Crippen LogP contribution in [0.1, 0.15) is 0 Å². The SMILES string of the molecule is COC(CO)OC. The van der Waals surface area contributed by atoms with Gasteiger partial charge in [-0.3, -0.25) is 0 Å². The Morgan fingerprint density at radius 3 is 1.86 bits per heavy atom. The van der Waals surface area contributed by atoms with E-state index in [1.165, 1.54) is 14.2 Å². The van der Waals surface area contributed by atoms with Gasteiger partial charge in [0.15, 0.2) is 6.29 Å². The Bertz CT molecular complexity index is 28.4. The van der Waals surface area contributed by atoms with Crippen molar-refractivity contribution in [3.63, 3.8) is 0 Å². The van der Waals surface area contributed by atoms with Crippen molar-refractivity contribution in [3.8, 4) is 0 Å². The first-order valence-electron chi connectivity index (χ1n) is 2.01. The van der Waals surface area contributed by atoms with E-state index in [0.29, 0.717) is 0 Å². The summed E-state index contributed by atoms with van der Waals surface area (Å²) in [5.74, 6) is 0. The molecule has 0 saturated heterocycles. The Hall–Kier alpha value is -0.120. The Balaban J connectivity index is 2.99. The van der Waals surface area contributed by atoms with Crippen LogP contribution in [0.15, 0.2) is 0 Å². The fraction of sp³-hybridized carbons (Fsp3) is 1.00. The Morgan fingerprint density at radius 1 is 1.43 bits per heavy atom. The van der Waals surface area contributed by atoms with Crippen molar-refractivity contribution < 1.29 is 14.6 Å². The predicted molar refractivity (Wildman–Crippen MR) is 24.9 cm³/mol. The molecule has 0 aliphatic carbocycles. The quantitative estimate of drug-likeness (QED) is 0.497. The summed E-state index contributed by atoms with van der Waals surface area (Å²) in [6.45, 7) is -0.0903. The molecule has 0 aromatic rings. The van der Waals surface area contributed by atoms with Crippen LogP contribution in [0.2, 0.25) is 0 Å². The summed E-state index contributed by atoms with van der Waals surface area (Å²) in [6, 6.07) is 0. The van der Waals surface area contributed by atoms with Crippen LogP contribution in [0.5, 0.6) is 0 Å². The van der Waals surface area contributed by atoms with E-state index in [1.54, 1.807) is 0 Å². The number of ether oxygens (including phenoxy) is 2. The molecule has 0 saturated carbocycles. The fourth-order valence-electron chi connectivity index (χ4n) is 0.245. The molecule has 0 fully saturated rings. The van der Waals surface area contributed by atoms with Crippen LogP contribution in [-0.4, -0.2) is 32.2 Å². The molecule has 0 aromatic carbocycles. The molecule has 0 aromatic heterocycles. The van der Waals surface area contributed by atoms with Gasteiger partial charge in [-0.25, -0.2) is 0 Å². The van der Waals surface area contributed by atoms with Crippen molar-refractivity contribution in [1.29, 1.82) is 0 Å². The van der Waals surface area contributed by atoms with E-state index in [4.69, 9.17) is 5.11 Å². The van der Waals surface area contributed by atoms with Gasteiger partial charge in [-0.05, 0) is 0 Å². The summed E-state index contributed by atoms with van der Waals surface area (Å²) in [7, 11) is 2.95. The minimum Gasteiger partial charge on any atom is -0.391 e. The van der Waals surface area contributed by atoms with Gasteiger partial charge in [0.05, 0.1) is 6.61 Å². The number of methoxy groups -OCH3 is 2. The molecular weight excluding hydrogens is 96.0 g/mol. The molecule has 3 heteroatoms. The smallest absolute Gasteiger partial charge is 0.179 e. The highest BCUT2D eigenvalue weighted by molar-refractivity contribution is 4.30. The van der Waals surface area contributed by atoms with Gasteiger partial charge in [0.2, 0.25) is 0 Å². The lowest BCUT2D eigenvalue weighted by Gasteiger charge is -2.07. The second-order valence-corrected chi connectivity index (χ2v) is 1.08. The van der Waals surface area contributed by atoms with E-state index in [1.807, 2.05) is 0 Å². The molecule has 44 valence electrons. The van der Waals surface area contributed by atoms with Crippen molar-refractivity contribution in [2.24, 2.45) is 0 Å². The van der Waals surface area contributed by atoms with Gasteiger partial charge < -0.3 is 14.6 Å². The highest BCUT2D eigenvalue weighted by atomic mass is 16.7. The molecule has 7 heavy (non-hydrogen) atoms. The van der Waals surface area contributed by atoms with Crippen LogP contribution in [-0.2, 0) is 9.47 Å². The first-order valence-corrected chi connectivity index (χ1v) is 2.01. The molecule has 0 spiro atoms. The molecule has 1 N–H and O–H groups in total. The normalized spacial score (nSPS) is 10.3. The number of hydrogen-bond donors (Lipinski definition) is 1. The molecule has 0 bridgehead atoms. The zero-order valence-electron chi connectivity index (χ0n) is 4.55. The molecule has 0 amide bonds. The standard InChI is InChI=1S/C4H10O3/c1-6-4(3-5)7-2/h4-5H,3H2,1-2H3. The Morgan fingerprint density at radius 2 is 1.86 bits per heavy atom. The predicted octanol–water partition coefficient (Wildman–Crippen LogP) is -0.402. The zero-order valence-corrected chi connectivity index (χ0v) is 4.55. The van der Waals surface area contributed by atoms with Gasteiger partial charge in [-0.2, -0.15) is 0 Å². The van der Waals surface area contributed by atoms with Gasteiger partial charge in [0.1, 0.15) is 0 Å². The monoisotopic (exact) mass is 106 g/mol. The Labute approximate surface area is 42.9 Å². The van der Waals surface area contributed by atoms with Crippen LogP contribution in [0.3, 0.4) is 0 Å². The number of rotatable bonds is 3. The Kier molecular flexibility index (Phi) is 3.98. The van der Waals surface area contributed by atoms with E-state index in [2.05, 4.69) is 9.47 Å². The lowest BCUT2D eigenvalue weighted by molar-refractivity contribution is -0.127. The maximum atomic E-state index is 8.28. The van der Waals surface area contributed by atoms with Crippen molar-refractivity contribution in [2.45, 2.75) is 6.29 Å². The van der Waals surface area contributed by atoms with Crippen LogP contribution in [0, 0.1) is 0 Å². The average molecular weight is 106 g/mol. The van der Waals surface area contributed by atoms with E-state index in [9.17, 15) is 0 Å². The number of hydrogen-bond acceptors (Lipinski definition) is 3. The van der Waals surface area contributed by atoms with Crippen LogP contribution >= 0.6 is 0 Å².